The van der Waals surface area contributed by atoms with Crippen molar-refractivity contribution in [3.05, 3.63) is 28.4 Å². The number of aromatic nitrogens is 4. The fraction of sp³-hybridized carbons (Fsp3) is 0.538. The third-order valence-electron chi connectivity index (χ3n) is 3.64. The average molecular weight is 276 g/mol. The molecule has 0 saturated carbocycles. The van der Waals surface area contributed by atoms with Gasteiger partial charge in [0.25, 0.3) is 0 Å². The monoisotopic (exact) mass is 276 g/mol. The lowest BCUT2D eigenvalue weighted by Gasteiger charge is -2.12. The van der Waals surface area contributed by atoms with E-state index in [-0.39, 0.29) is 6.10 Å². The molecule has 2 aromatic heterocycles. The van der Waals surface area contributed by atoms with Gasteiger partial charge in [-0.05, 0) is 26.7 Å². The molecule has 1 aliphatic heterocycles. The van der Waals surface area contributed by atoms with Gasteiger partial charge >= 0.3 is 0 Å². The molecule has 20 heavy (non-hydrogen) atoms. The molecule has 0 N–H and O–H groups in total. The zero-order valence-electron chi connectivity index (χ0n) is 11.5. The summed E-state index contributed by atoms with van der Waals surface area (Å²) < 4.78 is 12.5. The van der Waals surface area contributed by atoms with Crippen LogP contribution in [0.2, 0.25) is 0 Å². The molecule has 0 aliphatic carbocycles. The highest BCUT2D eigenvalue weighted by molar-refractivity contribution is 5.73. The maximum Gasteiger partial charge on any atom is 0.172 e. The number of hydrogen-bond acceptors (Lipinski definition) is 6. The van der Waals surface area contributed by atoms with E-state index in [4.69, 9.17) is 9.26 Å². The van der Waals surface area contributed by atoms with E-state index >= 15 is 0 Å². The Labute approximate surface area is 115 Å². The van der Waals surface area contributed by atoms with Gasteiger partial charge in [0.2, 0.25) is 0 Å². The Hall–Kier alpha value is -2.02. The van der Waals surface area contributed by atoms with Crippen molar-refractivity contribution in [1.82, 2.24) is 20.2 Å². The fourth-order valence-corrected chi connectivity index (χ4v) is 2.54. The summed E-state index contributed by atoms with van der Waals surface area (Å²) in [6.45, 7) is 4.93. The molecule has 0 bridgehead atoms. The molecule has 0 spiro atoms. The molecular formula is C13H16N4O3. The summed E-state index contributed by atoms with van der Waals surface area (Å²) in [6.07, 6.45) is 2.49. The zero-order valence-corrected chi connectivity index (χ0v) is 11.5. The second kappa shape index (κ2) is 5.16. The van der Waals surface area contributed by atoms with Crippen LogP contribution in [0.1, 0.15) is 52.1 Å². The standard InChI is InChI=1S/C13H16N4O3/c1-8-10(9(2)20-15-8)6-17-13(11(7-18)14-16-17)12-4-3-5-19-12/h7,12H,3-6H2,1-2H3. The number of rotatable bonds is 4. The number of aryl methyl sites for hydroxylation is 2. The molecule has 2 aromatic rings. The Kier molecular flexibility index (Phi) is 3.35. The van der Waals surface area contributed by atoms with Crippen molar-refractivity contribution >= 4 is 6.29 Å². The lowest BCUT2D eigenvalue weighted by molar-refractivity contribution is 0.101. The highest BCUT2D eigenvalue weighted by Crippen LogP contribution is 2.30. The molecule has 7 nitrogen and oxygen atoms in total. The van der Waals surface area contributed by atoms with Crippen LogP contribution in [0.5, 0.6) is 0 Å². The van der Waals surface area contributed by atoms with Crippen LogP contribution in [-0.4, -0.2) is 33.0 Å². The number of aldehydes is 1. The number of nitrogens with zero attached hydrogens (tertiary/aromatic N) is 4. The van der Waals surface area contributed by atoms with Gasteiger partial charge in [-0.1, -0.05) is 10.4 Å². The molecule has 0 aromatic carbocycles. The van der Waals surface area contributed by atoms with Crippen LogP contribution in [0.3, 0.4) is 0 Å². The second-order valence-corrected chi connectivity index (χ2v) is 4.94. The molecular weight excluding hydrogens is 260 g/mol. The summed E-state index contributed by atoms with van der Waals surface area (Å²) in [5.74, 6) is 0.754. The second-order valence-electron chi connectivity index (χ2n) is 4.94. The summed E-state index contributed by atoms with van der Waals surface area (Å²) in [4.78, 5) is 11.1. The third-order valence-corrected chi connectivity index (χ3v) is 3.64. The van der Waals surface area contributed by atoms with Gasteiger partial charge in [-0.3, -0.25) is 4.79 Å². The van der Waals surface area contributed by atoms with Crippen molar-refractivity contribution in [1.29, 1.82) is 0 Å². The van der Waals surface area contributed by atoms with Crippen molar-refractivity contribution < 1.29 is 14.1 Å². The minimum Gasteiger partial charge on any atom is -0.372 e. The molecule has 3 rings (SSSR count). The van der Waals surface area contributed by atoms with Gasteiger partial charge in [-0.25, -0.2) is 4.68 Å². The van der Waals surface area contributed by atoms with E-state index < -0.39 is 0 Å². The summed E-state index contributed by atoms with van der Waals surface area (Å²) in [5.41, 5.74) is 2.89. The van der Waals surface area contributed by atoms with E-state index in [0.29, 0.717) is 18.8 Å². The van der Waals surface area contributed by atoms with Gasteiger partial charge in [0.05, 0.1) is 17.9 Å². The van der Waals surface area contributed by atoms with Gasteiger partial charge < -0.3 is 9.26 Å². The van der Waals surface area contributed by atoms with Crippen molar-refractivity contribution in [2.24, 2.45) is 0 Å². The van der Waals surface area contributed by atoms with Crippen LogP contribution in [0.15, 0.2) is 4.52 Å². The lowest BCUT2D eigenvalue weighted by Crippen LogP contribution is -2.12. The number of ether oxygens (including phenoxy) is 1. The van der Waals surface area contributed by atoms with Crippen molar-refractivity contribution in [3.8, 4) is 0 Å². The highest BCUT2D eigenvalue weighted by atomic mass is 16.5. The SMILES string of the molecule is Cc1noc(C)c1Cn1nnc(C=O)c1C1CCCO1. The molecule has 106 valence electrons. The Morgan fingerprint density at radius 3 is 2.90 bits per heavy atom. The van der Waals surface area contributed by atoms with Crippen LogP contribution in [0.4, 0.5) is 0 Å². The van der Waals surface area contributed by atoms with Crippen LogP contribution >= 0.6 is 0 Å². The number of carbonyl (C=O) groups excluding carboxylic acids is 1. The summed E-state index contributed by atoms with van der Waals surface area (Å²) in [5, 5.41) is 11.9. The van der Waals surface area contributed by atoms with E-state index in [9.17, 15) is 4.79 Å². The minimum absolute atomic E-state index is 0.106. The van der Waals surface area contributed by atoms with E-state index in [2.05, 4.69) is 15.5 Å². The maximum absolute atomic E-state index is 11.1. The van der Waals surface area contributed by atoms with Gasteiger partial charge in [0.15, 0.2) is 12.0 Å². The normalized spacial score (nSPS) is 18.6. The molecule has 1 atom stereocenters. The first-order chi connectivity index (χ1) is 9.70. The van der Waals surface area contributed by atoms with Crippen molar-refractivity contribution in [2.75, 3.05) is 6.61 Å². The van der Waals surface area contributed by atoms with E-state index in [0.717, 1.165) is 41.8 Å². The Balaban J connectivity index is 1.97. The van der Waals surface area contributed by atoms with Crippen LogP contribution in [0.25, 0.3) is 0 Å². The first-order valence-electron chi connectivity index (χ1n) is 6.62. The first kappa shape index (κ1) is 13.0. The Bertz CT molecular complexity index is 606. The Morgan fingerprint density at radius 2 is 2.30 bits per heavy atom. The highest BCUT2D eigenvalue weighted by Gasteiger charge is 2.27. The van der Waals surface area contributed by atoms with E-state index in [1.165, 1.54) is 0 Å². The molecule has 3 heterocycles. The summed E-state index contributed by atoms with van der Waals surface area (Å²) >= 11 is 0. The number of hydrogen-bond donors (Lipinski definition) is 0. The van der Waals surface area contributed by atoms with Gasteiger partial charge in [0, 0.05) is 12.2 Å². The third kappa shape index (κ3) is 2.14. The van der Waals surface area contributed by atoms with E-state index in [1.54, 1.807) is 4.68 Å². The fourth-order valence-electron chi connectivity index (χ4n) is 2.54. The molecule has 1 fully saturated rings. The molecule has 0 amide bonds. The molecule has 1 saturated heterocycles. The van der Waals surface area contributed by atoms with Crippen molar-refractivity contribution in [2.45, 2.75) is 39.3 Å². The molecule has 0 radical (unpaired) electrons. The van der Waals surface area contributed by atoms with Crippen LogP contribution < -0.4 is 0 Å². The number of carbonyl (C=O) groups is 1. The Morgan fingerprint density at radius 1 is 1.45 bits per heavy atom. The minimum atomic E-state index is -0.106. The quantitative estimate of drug-likeness (QED) is 0.789. The molecule has 1 unspecified atom stereocenters. The molecule has 7 heteroatoms. The summed E-state index contributed by atoms with van der Waals surface area (Å²) in [7, 11) is 0. The van der Waals surface area contributed by atoms with Gasteiger partial charge in [-0.2, -0.15) is 0 Å². The summed E-state index contributed by atoms with van der Waals surface area (Å²) in [6, 6.07) is 0. The lowest BCUT2D eigenvalue weighted by atomic mass is 10.1. The van der Waals surface area contributed by atoms with Gasteiger partial charge in [-0.15, -0.1) is 5.10 Å². The predicted molar refractivity (Wildman–Crippen MR) is 68.4 cm³/mol. The van der Waals surface area contributed by atoms with E-state index in [1.807, 2.05) is 13.8 Å². The van der Waals surface area contributed by atoms with Crippen molar-refractivity contribution in [3.63, 3.8) is 0 Å². The zero-order chi connectivity index (χ0) is 14.1. The van der Waals surface area contributed by atoms with Gasteiger partial charge in [0.1, 0.15) is 11.9 Å². The predicted octanol–water partition coefficient (Wildman–Crippen LogP) is 1.60. The van der Waals surface area contributed by atoms with Crippen LogP contribution in [-0.2, 0) is 11.3 Å². The largest absolute Gasteiger partial charge is 0.372 e. The molecule has 1 aliphatic rings. The topological polar surface area (TPSA) is 83.0 Å². The maximum atomic E-state index is 11.1. The van der Waals surface area contributed by atoms with Crippen LogP contribution in [0, 0.1) is 13.8 Å². The smallest absolute Gasteiger partial charge is 0.172 e. The average Bonchev–Trinajstić information content (AvgIpc) is 3.14. The first-order valence-corrected chi connectivity index (χ1v) is 6.62.